The number of amides is 1. The maximum Gasteiger partial charge on any atom is 0.274 e. The zero-order valence-corrected chi connectivity index (χ0v) is 13.8. The first-order valence-electron chi connectivity index (χ1n) is 8.32. The van der Waals surface area contributed by atoms with Crippen LogP contribution in [0, 0.1) is 0 Å². The van der Waals surface area contributed by atoms with Gasteiger partial charge in [-0.2, -0.15) is 4.98 Å². The highest BCUT2D eigenvalue weighted by atomic mass is 16.5. The van der Waals surface area contributed by atoms with E-state index in [9.17, 15) is 4.79 Å². The summed E-state index contributed by atoms with van der Waals surface area (Å²) < 4.78 is 12.9. The molecule has 2 atom stereocenters. The third-order valence-electron chi connectivity index (χ3n) is 4.36. The van der Waals surface area contributed by atoms with Crippen molar-refractivity contribution in [2.75, 3.05) is 13.1 Å². The van der Waals surface area contributed by atoms with Crippen molar-refractivity contribution >= 4 is 5.91 Å². The average molecular weight is 332 g/mol. The molecule has 9 heteroatoms. The summed E-state index contributed by atoms with van der Waals surface area (Å²) in [4.78, 5) is 19.0. The van der Waals surface area contributed by atoms with E-state index in [1.807, 2.05) is 13.8 Å². The Bertz CT molecular complexity index is 737. The van der Waals surface area contributed by atoms with Gasteiger partial charge in [-0.05, 0) is 26.7 Å². The van der Waals surface area contributed by atoms with Crippen LogP contribution in [0.15, 0.2) is 10.7 Å². The molecule has 0 bridgehead atoms. The largest absolute Gasteiger partial charge is 0.362 e. The predicted octanol–water partition coefficient (Wildman–Crippen LogP) is 1.16. The molecule has 2 aromatic rings. The van der Waals surface area contributed by atoms with Crippen molar-refractivity contribution in [3.8, 4) is 0 Å². The zero-order chi connectivity index (χ0) is 16.7. The fourth-order valence-electron chi connectivity index (χ4n) is 2.96. The van der Waals surface area contributed by atoms with E-state index >= 15 is 0 Å². The summed E-state index contributed by atoms with van der Waals surface area (Å²) in [6.45, 7) is 5.34. The lowest BCUT2D eigenvalue weighted by atomic mass is 10.2. The minimum Gasteiger partial charge on any atom is -0.362 e. The lowest BCUT2D eigenvalue weighted by molar-refractivity contribution is -0.0812. The van der Waals surface area contributed by atoms with Crippen molar-refractivity contribution in [1.82, 2.24) is 30.0 Å². The summed E-state index contributed by atoms with van der Waals surface area (Å²) in [6.07, 6.45) is 3.20. The number of hydrogen-bond donors (Lipinski definition) is 0. The van der Waals surface area contributed by atoms with Crippen LogP contribution in [-0.2, 0) is 11.3 Å². The molecule has 3 heterocycles. The molecule has 0 unspecified atom stereocenters. The Morgan fingerprint density at radius 3 is 2.96 bits per heavy atom. The van der Waals surface area contributed by atoms with Crippen LogP contribution in [0.5, 0.6) is 0 Å². The normalized spacial score (nSPS) is 24.3. The molecular formula is C15H20N6O3. The molecule has 24 heavy (non-hydrogen) atoms. The van der Waals surface area contributed by atoms with Gasteiger partial charge in [-0.3, -0.25) is 4.79 Å². The van der Waals surface area contributed by atoms with Gasteiger partial charge in [0.1, 0.15) is 5.69 Å². The molecule has 9 nitrogen and oxygen atoms in total. The molecule has 2 aliphatic rings. The highest BCUT2D eigenvalue weighted by Gasteiger charge is 2.36. The fourth-order valence-corrected chi connectivity index (χ4v) is 2.96. The molecule has 1 saturated heterocycles. The van der Waals surface area contributed by atoms with Crippen LogP contribution in [-0.4, -0.2) is 55.1 Å². The number of aryl methyl sites for hydroxylation is 1. The van der Waals surface area contributed by atoms with E-state index < -0.39 is 6.10 Å². The molecule has 0 radical (unpaired) electrons. The Morgan fingerprint density at radius 1 is 1.38 bits per heavy atom. The van der Waals surface area contributed by atoms with Crippen molar-refractivity contribution in [2.24, 2.45) is 0 Å². The topological polar surface area (TPSA) is 99.2 Å². The van der Waals surface area contributed by atoms with Crippen LogP contribution in [0.1, 0.15) is 60.9 Å². The van der Waals surface area contributed by atoms with Gasteiger partial charge in [-0.25, -0.2) is 4.68 Å². The molecule has 1 saturated carbocycles. The Kier molecular flexibility index (Phi) is 3.79. The van der Waals surface area contributed by atoms with Gasteiger partial charge in [0.2, 0.25) is 0 Å². The van der Waals surface area contributed by atoms with Crippen LogP contribution in [0.2, 0.25) is 0 Å². The second-order valence-corrected chi connectivity index (χ2v) is 6.35. The summed E-state index contributed by atoms with van der Waals surface area (Å²) in [5.41, 5.74) is 0.481. The van der Waals surface area contributed by atoms with Gasteiger partial charge in [0, 0.05) is 19.0 Å². The second-order valence-electron chi connectivity index (χ2n) is 6.35. The van der Waals surface area contributed by atoms with Crippen LogP contribution < -0.4 is 0 Å². The quantitative estimate of drug-likeness (QED) is 0.828. The molecular weight excluding hydrogens is 312 g/mol. The van der Waals surface area contributed by atoms with Gasteiger partial charge < -0.3 is 14.2 Å². The Labute approximate surface area is 139 Å². The van der Waals surface area contributed by atoms with Crippen molar-refractivity contribution in [2.45, 2.75) is 51.4 Å². The number of carbonyl (C=O) groups is 1. The number of hydrogen-bond acceptors (Lipinski definition) is 7. The third kappa shape index (κ3) is 2.79. The van der Waals surface area contributed by atoms with Gasteiger partial charge in [0.25, 0.3) is 11.8 Å². The maximum absolute atomic E-state index is 12.8. The molecule has 2 fully saturated rings. The van der Waals surface area contributed by atoms with E-state index in [0.717, 1.165) is 18.7 Å². The lowest BCUT2D eigenvalue weighted by Gasteiger charge is -2.35. The summed E-state index contributed by atoms with van der Waals surface area (Å²) in [5, 5.41) is 11.8. The monoisotopic (exact) mass is 332 g/mol. The molecule has 0 spiro atoms. The molecule has 1 aliphatic heterocycles. The summed E-state index contributed by atoms with van der Waals surface area (Å²) in [6, 6.07) is 0. The first kappa shape index (κ1) is 15.3. The second kappa shape index (κ2) is 5.97. The lowest BCUT2D eigenvalue weighted by Crippen LogP contribution is -2.46. The first-order valence-corrected chi connectivity index (χ1v) is 8.32. The first-order chi connectivity index (χ1) is 11.7. The third-order valence-corrected chi connectivity index (χ3v) is 4.36. The Hall–Kier alpha value is -2.29. The van der Waals surface area contributed by atoms with E-state index in [0.29, 0.717) is 37.1 Å². The van der Waals surface area contributed by atoms with Gasteiger partial charge in [-0.1, -0.05) is 10.4 Å². The van der Waals surface area contributed by atoms with E-state index in [4.69, 9.17) is 9.26 Å². The summed E-state index contributed by atoms with van der Waals surface area (Å²) >= 11 is 0. The van der Waals surface area contributed by atoms with Crippen molar-refractivity contribution in [3.05, 3.63) is 23.6 Å². The maximum atomic E-state index is 12.8. The van der Waals surface area contributed by atoms with Gasteiger partial charge >= 0.3 is 0 Å². The highest BCUT2D eigenvalue weighted by molar-refractivity contribution is 5.92. The molecule has 0 N–H and O–H groups in total. The highest BCUT2D eigenvalue weighted by Crippen LogP contribution is 2.39. The molecule has 2 aromatic heterocycles. The number of aromatic nitrogens is 5. The molecule has 128 valence electrons. The van der Waals surface area contributed by atoms with Gasteiger partial charge in [-0.15, -0.1) is 5.10 Å². The van der Waals surface area contributed by atoms with E-state index in [-0.39, 0.29) is 12.0 Å². The van der Waals surface area contributed by atoms with Crippen LogP contribution in [0.3, 0.4) is 0 Å². The fraction of sp³-hybridized carbons (Fsp3) is 0.667. The van der Waals surface area contributed by atoms with E-state index in [1.165, 1.54) is 6.20 Å². The SMILES string of the molecule is CCn1nncc1C(=O)N1C[C@@H](C)O[C@@H](c2nc(C3CC3)no2)C1. The number of ether oxygens (including phenoxy) is 1. The van der Waals surface area contributed by atoms with E-state index in [1.54, 1.807) is 9.58 Å². The van der Waals surface area contributed by atoms with Crippen molar-refractivity contribution < 1.29 is 14.1 Å². The Morgan fingerprint density at radius 2 is 2.21 bits per heavy atom. The average Bonchev–Trinajstić information content (AvgIpc) is 3.13. The number of morpholine rings is 1. The van der Waals surface area contributed by atoms with Crippen LogP contribution in [0.25, 0.3) is 0 Å². The predicted molar refractivity (Wildman–Crippen MR) is 81.2 cm³/mol. The number of nitrogens with zero attached hydrogens (tertiary/aromatic N) is 6. The van der Waals surface area contributed by atoms with Crippen molar-refractivity contribution in [1.29, 1.82) is 0 Å². The molecule has 0 aromatic carbocycles. The Balaban J connectivity index is 1.52. The molecule has 1 amide bonds. The molecule has 4 rings (SSSR count). The van der Waals surface area contributed by atoms with Crippen molar-refractivity contribution in [3.63, 3.8) is 0 Å². The zero-order valence-electron chi connectivity index (χ0n) is 13.8. The van der Waals surface area contributed by atoms with Crippen LogP contribution >= 0.6 is 0 Å². The van der Waals surface area contributed by atoms with Gasteiger partial charge in [0.05, 0.1) is 18.8 Å². The standard InChI is InChI=1S/C15H20N6O3/c1-3-21-11(6-16-19-21)15(22)20-7-9(2)23-12(8-20)14-17-13(18-24-14)10-4-5-10/h6,9-10,12H,3-5,7-8H2,1-2H3/t9-,12-/m1/s1. The smallest absolute Gasteiger partial charge is 0.274 e. The minimum atomic E-state index is -0.399. The van der Waals surface area contributed by atoms with Gasteiger partial charge in [0.15, 0.2) is 11.9 Å². The van der Waals surface area contributed by atoms with E-state index in [2.05, 4.69) is 20.5 Å². The summed E-state index contributed by atoms with van der Waals surface area (Å²) in [5.74, 6) is 1.51. The molecule has 1 aliphatic carbocycles. The number of rotatable bonds is 4. The minimum absolute atomic E-state index is 0.107. The van der Waals surface area contributed by atoms with Crippen LogP contribution in [0.4, 0.5) is 0 Å². The number of carbonyl (C=O) groups excluding carboxylic acids is 1. The summed E-state index contributed by atoms with van der Waals surface area (Å²) in [7, 11) is 0.